The van der Waals surface area contributed by atoms with Crippen LogP contribution in [0.2, 0.25) is 0 Å². The fourth-order valence-electron chi connectivity index (χ4n) is 1.95. The smallest absolute Gasteiger partial charge is 0.320 e. The Bertz CT molecular complexity index is 652. The average molecular weight is 302 g/mol. The Hall–Kier alpha value is -2.83. The molecule has 1 aromatic carbocycles. The molecule has 2 aromatic rings. The number of urea groups is 1. The Morgan fingerprint density at radius 1 is 1.27 bits per heavy atom. The summed E-state index contributed by atoms with van der Waals surface area (Å²) in [4.78, 5) is 22.7. The number of rotatable bonds is 5. The summed E-state index contributed by atoms with van der Waals surface area (Å²) in [5.41, 5.74) is 1.90. The van der Waals surface area contributed by atoms with Crippen molar-refractivity contribution in [3.8, 4) is 11.3 Å². The first-order valence-electron chi connectivity index (χ1n) is 6.81. The molecule has 0 saturated carbocycles. The Morgan fingerprint density at radius 3 is 2.68 bits per heavy atom. The quantitative estimate of drug-likeness (QED) is 0.824. The molecule has 0 bridgehead atoms. The minimum atomic E-state index is -0.415. The molecule has 0 aliphatic carbocycles. The fraction of sp³-hybridized carbons (Fsp3) is 0.267. The zero-order chi connectivity index (χ0) is 15.9. The number of esters is 1. The van der Waals surface area contributed by atoms with Gasteiger partial charge in [-0.1, -0.05) is 30.3 Å². The number of nitrogens with zero attached hydrogens (tertiary/aromatic N) is 2. The van der Waals surface area contributed by atoms with Crippen molar-refractivity contribution >= 4 is 17.8 Å². The lowest BCUT2D eigenvalue weighted by molar-refractivity contribution is -0.140. The highest BCUT2D eigenvalue weighted by Gasteiger charge is 2.10. The summed E-state index contributed by atoms with van der Waals surface area (Å²) in [5, 5.41) is 9.43. The molecule has 0 aliphatic heterocycles. The zero-order valence-electron chi connectivity index (χ0n) is 12.5. The predicted molar refractivity (Wildman–Crippen MR) is 82.3 cm³/mol. The van der Waals surface area contributed by atoms with E-state index in [1.165, 1.54) is 7.11 Å². The maximum atomic E-state index is 11.7. The first-order chi connectivity index (χ1) is 10.6. The van der Waals surface area contributed by atoms with E-state index in [2.05, 4.69) is 20.5 Å². The van der Waals surface area contributed by atoms with Gasteiger partial charge in [0.15, 0.2) is 5.82 Å². The second-order valence-corrected chi connectivity index (χ2v) is 4.61. The van der Waals surface area contributed by atoms with Crippen LogP contribution in [0.25, 0.3) is 11.3 Å². The van der Waals surface area contributed by atoms with Gasteiger partial charge in [0.1, 0.15) is 0 Å². The van der Waals surface area contributed by atoms with Crippen LogP contribution in [0.5, 0.6) is 0 Å². The Kier molecular flexibility index (Phi) is 5.13. The number of amides is 2. The van der Waals surface area contributed by atoms with Crippen LogP contribution in [0, 0.1) is 0 Å². The highest BCUT2D eigenvalue weighted by atomic mass is 16.5. The lowest BCUT2D eigenvalue weighted by Crippen LogP contribution is -2.30. The van der Waals surface area contributed by atoms with E-state index in [-0.39, 0.29) is 18.9 Å². The summed E-state index contributed by atoms with van der Waals surface area (Å²) in [6.45, 7) is 0.205. The molecular formula is C15H18N4O3. The van der Waals surface area contributed by atoms with Gasteiger partial charge in [0.2, 0.25) is 0 Å². The molecule has 2 N–H and O–H groups in total. The summed E-state index contributed by atoms with van der Waals surface area (Å²) >= 11 is 0. The molecule has 0 aliphatic rings. The normalized spacial score (nSPS) is 10.1. The van der Waals surface area contributed by atoms with Crippen molar-refractivity contribution < 1.29 is 14.3 Å². The van der Waals surface area contributed by atoms with Gasteiger partial charge in [-0.05, 0) is 5.56 Å². The van der Waals surface area contributed by atoms with Gasteiger partial charge in [-0.3, -0.25) is 14.8 Å². The van der Waals surface area contributed by atoms with Crippen molar-refractivity contribution in [2.45, 2.75) is 6.42 Å². The van der Waals surface area contributed by atoms with Crippen molar-refractivity contribution in [2.75, 3.05) is 19.0 Å². The van der Waals surface area contributed by atoms with Crippen molar-refractivity contribution in [3.63, 3.8) is 0 Å². The van der Waals surface area contributed by atoms with Gasteiger partial charge >= 0.3 is 12.0 Å². The number of aromatic nitrogens is 2. The van der Waals surface area contributed by atoms with E-state index in [1.54, 1.807) is 10.7 Å². The van der Waals surface area contributed by atoms with E-state index in [1.807, 2.05) is 37.4 Å². The lowest BCUT2D eigenvalue weighted by Gasteiger charge is -2.04. The standard InChI is InChI=1S/C15H18N4O3/c1-19-12(11-6-4-3-5-7-11)10-13(18-19)17-15(21)16-9-8-14(20)22-2/h3-7,10H,8-9H2,1-2H3,(H2,16,17,18,21). The minimum Gasteiger partial charge on any atom is -0.469 e. The molecule has 116 valence electrons. The molecule has 0 spiro atoms. The molecule has 1 heterocycles. The van der Waals surface area contributed by atoms with E-state index in [0.717, 1.165) is 11.3 Å². The van der Waals surface area contributed by atoms with Gasteiger partial charge in [0.25, 0.3) is 0 Å². The van der Waals surface area contributed by atoms with Crippen LogP contribution in [0.3, 0.4) is 0 Å². The summed E-state index contributed by atoms with van der Waals surface area (Å²) in [7, 11) is 3.12. The van der Waals surface area contributed by atoms with E-state index in [4.69, 9.17) is 0 Å². The van der Waals surface area contributed by atoms with Crippen molar-refractivity contribution in [1.29, 1.82) is 0 Å². The van der Waals surface area contributed by atoms with Crippen LogP contribution in [-0.2, 0) is 16.6 Å². The van der Waals surface area contributed by atoms with Crippen LogP contribution in [0.4, 0.5) is 10.6 Å². The van der Waals surface area contributed by atoms with Crippen molar-refractivity contribution in [1.82, 2.24) is 15.1 Å². The van der Waals surface area contributed by atoms with Gasteiger partial charge in [-0.15, -0.1) is 0 Å². The van der Waals surface area contributed by atoms with Crippen LogP contribution in [0.15, 0.2) is 36.4 Å². The second-order valence-electron chi connectivity index (χ2n) is 4.61. The number of carbonyl (C=O) groups is 2. The van der Waals surface area contributed by atoms with Crippen LogP contribution < -0.4 is 10.6 Å². The number of hydrogen-bond donors (Lipinski definition) is 2. The number of nitrogens with one attached hydrogen (secondary N) is 2. The van der Waals surface area contributed by atoms with Gasteiger partial charge < -0.3 is 10.1 Å². The lowest BCUT2D eigenvalue weighted by atomic mass is 10.1. The third-order valence-corrected chi connectivity index (χ3v) is 3.03. The molecule has 2 amide bonds. The van der Waals surface area contributed by atoms with E-state index < -0.39 is 6.03 Å². The molecule has 7 heteroatoms. The Labute approximate surface area is 128 Å². The third-order valence-electron chi connectivity index (χ3n) is 3.03. The third kappa shape index (κ3) is 4.08. The topological polar surface area (TPSA) is 85.2 Å². The molecule has 2 rings (SSSR count). The maximum Gasteiger partial charge on any atom is 0.320 e. The molecule has 0 saturated heterocycles. The van der Waals surface area contributed by atoms with Gasteiger partial charge in [0, 0.05) is 19.7 Å². The molecular weight excluding hydrogens is 284 g/mol. The molecule has 1 aromatic heterocycles. The summed E-state index contributed by atoms with van der Waals surface area (Å²) in [6.07, 6.45) is 0.126. The van der Waals surface area contributed by atoms with Crippen molar-refractivity contribution in [2.24, 2.45) is 7.05 Å². The zero-order valence-corrected chi connectivity index (χ0v) is 12.5. The molecule has 0 fully saturated rings. The van der Waals surface area contributed by atoms with Crippen molar-refractivity contribution in [3.05, 3.63) is 36.4 Å². The molecule has 22 heavy (non-hydrogen) atoms. The van der Waals surface area contributed by atoms with Gasteiger partial charge in [-0.25, -0.2) is 4.79 Å². The summed E-state index contributed by atoms with van der Waals surface area (Å²) in [5.74, 6) is 0.0708. The fourth-order valence-corrected chi connectivity index (χ4v) is 1.95. The number of benzene rings is 1. The first-order valence-corrected chi connectivity index (χ1v) is 6.81. The van der Waals surface area contributed by atoms with E-state index in [0.29, 0.717) is 5.82 Å². The summed E-state index contributed by atoms with van der Waals surface area (Å²) < 4.78 is 6.19. The number of ether oxygens (including phenoxy) is 1. The number of carbonyl (C=O) groups excluding carboxylic acids is 2. The monoisotopic (exact) mass is 302 g/mol. The predicted octanol–water partition coefficient (Wildman–Crippen LogP) is 1.77. The van der Waals surface area contributed by atoms with E-state index in [9.17, 15) is 9.59 Å². The number of aryl methyl sites for hydroxylation is 1. The summed E-state index contributed by atoms with van der Waals surface area (Å²) in [6, 6.07) is 11.1. The largest absolute Gasteiger partial charge is 0.469 e. The number of methoxy groups -OCH3 is 1. The minimum absolute atomic E-state index is 0.126. The number of hydrogen-bond acceptors (Lipinski definition) is 4. The van der Waals surface area contributed by atoms with Crippen LogP contribution in [0.1, 0.15) is 6.42 Å². The van der Waals surface area contributed by atoms with E-state index >= 15 is 0 Å². The highest BCUT2D eigenvalue weighted by Crippen LogP contribution is 2.21. The first kappa shape index (κ1) is 15.6. The van der Waals surface area contributed by atoms with Crippen LogP contribution >= 0.6 is 0 Å². The second kappa shape index (κ2) is 7.26. The maximum absolute atomic E-state index is 11.7. The molecule has 0 unspecified atom stereocenters. The Balaban J connectivity index is 1.94. The molecule has 0 atom stereocenters. The van der Waals surface area contributed by atoms with Crippen LogP contribution in [-0.4, -0.2) is 35.4 Å². The Morgan fingerprint density at radius 2 is 2.00 bits per heavy atom. The number of anilines is 1. The molecule has 0 radical (unpaired) electrons. The average Bonchev–Trinajstić information content (AvgIpc) is 2.88. The highest BCUT2D eigenvalue weighted by molar-refractivity contribution is 5.89. The molecule has 7 nitrogen and oxygen atoms in total. The van der Waals surface area contributed by atoms with Gasteiger partial charge in [0.05, 0.1) is 19.2 Å². The van der Waals surface area contributed by atoms with Gasteiger partial charge in [-0.2, -0.15) is 5.10 Å². The SMILES string of the molecule is COC(=O)CCNC(=O)Nc1cc(-c2ccccc2)n(C)n1.